The van der Waals surface area contributed by atoms with E-state index in [1.165, 1.54) is 11.3 Å². The summed E-state index contributed by atoms with van der Waals surface area (Å²) in [7, 11) is 0. The van der Waals surface area contributed by atoms with E-state index >= 15 is 0 Å². The van der Waals surface area contributed by atoms with E-state index in [0.29, 0.717) is 42.3 Å². The van der Waals surface area contributed by atoms with Gasteiger partial charge in [0.05, 0.1) is 18.9 Å². The van der Waals surface area contributed by atoms with Gasteiger partial charge in [-0.25, -0.2) is 4.98 Å². The number of likely N-dealkylation sites (tertiary alicyclic amines) is 1. The first-order valence-corrected chi connectivity index (χ1v) is 11.6. The zero-order valence-electron chi connectivity index (χ0n) is 18.0. The maximum atomic E-state index is 13.1. The van der Waals surface area contributed by atoms with E-state index in [9.17, 15) is 14.4 Å². The van der Waals surface area contributed by atoms with Crippen LogP contribution in [0.5, 0.6) is 0 Å². The van der Waals surface area contributed by atoms with E-state index in [1.807, 2.05) is 30.3 Å². The number of aryl methyl sites for hydroxylation is 1. The highest BCUT2D eigenvalue weighted by Crippen LogP contribution is 2.27. The van der Waals surface area contributed by atoms with Crippen molar-refractivity contribution in [1.29, 1.82) is 0 Å². The van der Waals surface area contributed by atoms with E-state index in [-0.39, 0.29) is 5.91 Å². The van der Waals surface area contributed by atoms with Gasteiger partial charge in [0, 0.05) is 26.1 Å². The third-order valence-electron chi connectivity index (χ3n) is 5.61. The quantitative estimate of drug-likeness (QED) is 0.664. The number of rotatable bonds is 5. The number of hydrazine groups is 1. The number of amides is 3. The van der Waals surface area contributed by atoms with Gasteiger partial charge < -0.3 is 14.5 Å². The van der Waals surface area contributed by atoms with Gasteiger partial charge in [0.15, 0.2) is 5.13 Å². The number of nitrogens with zero attached hydrogens (tertiary/aromatic N) is 3. The van der Waals surface area contributed by atoms with Crippen LogP contribution in [0.25, 0.3) is 0 Å². The molecule has 1 aromatic carbocycles. The summed E-state index contributed by atoms with van der Waals surface area (Å²) in [6.45, 7) is 5.01. The molecule has 0 radical (unpaired) electrons. The number of anilines is 1. The molecule has 9 nitrogen and oxygen atoms in total. The Bertz CT molecular complexity index is 974. The number of hydrogen-bond acceptors (Lipinski definition) is 7. The second-order valence-electron chi connectivity index (χ2n) is 7.81. The summed E-state index contributed by atoms with van der Waals surface area (Å²) in [5.41, 5.74) is 6.35. The smallest absolute Gasteiger partial charge is 0.281 e. The van der Waals surface area contributed by atoms with Gasteiger partial charge in [-0.2, -0.15) is 0 Å². The normalized spacial score (nSPS) is 17.7. The Balaban J connectivity index is 1.45. The highest BCUT2D eigenvalue weighted by Gasteiger charge is 2.33. The second-order valence-corrected chi connectivity index (χ2v) is 8.79. The third-order valence-corrected chi connectivity index (χ3v) is 6.82. The van der Waals surface area contributed by atoms with Gasteiger partial charge in [-0.15, -0.1) is 0 Å². The fourth-order valence-electron chi connectivity index (χ4n) is 3.93. The molecule has 4 rings (SSSR count). The minimum absolute atomic E-state index is 0.0555. The molecular weight excluding hydrogens is 430 g/mol. The fourth-order valence-corrected chi connectivity index (χ4v) is 4.95. The van der Waals surface area contributed by atoms with Crippen molar-refractivity contribution >= 4 is 34.2 Å². The van der Waals surface area contributed by atoms with Gasteiger partial charge in [0.25, 0.3) is 11.8 Å². The summed E-state index contributed by atoms with van der Waals surface area (Å²) >= 11 is 1.29. The van der Waals surface area contributed by atoms with Crippen LogP contribution in [0.15, 0.2) is 30.3 Å². The summed E-state index contributed by atoms with van der Waals surface area (Å²) in [4.78, 5) is 47.0. The molecule has 32 heavy (non-hydrogen) atoms. The predicted molar refractivity (Wildman–Crippen MR) is 120 cm³/mol. The van der Waals surface area contributed by atoms with Crippen LogP contribution in [0.1, 0.15) is 46.2 Å². The van der Waals surface area contributed by atoms with Crippen LogP contribution in [0, 0.1) is 6.92 Å². The number of morpholine rings is 1. The molecule has 0 spiro atoms. The minimum Gasteiger partial charge on any atom is -0.378 e. The van der Waals surface area contributed by atoms with Crippen molar-refractivity contribution in [3.05, 3.63) is 46.5 Å². The molecule has 1 unspecified atom stereocenters. The lowest BCUT2D eigenvalue weighted by atomic mass is 10.0. The number of benzene rings is 1. The number of ether oxygens (including phenoxy) is 1. The first-order valence-electron chi connectivity index (χ1n) is 10.8. The number of carbonyl (C=O) groups excluding carboxylic acids is 3. The van der Waals surface area contributed by atoms with Gasteiger partial charge in [-0.1, -0.05) is 41.7 Å². The Morgan fingerprint density at radius 3 is 2.56 bits per heavy atom. The molecular formula is C22H27N5O4S. The van der Waals surface area contributed by atoms with Crippen molar-refractivity contribution in [3.63, 3.8) is 0 Å². The molecule has 2 aromatic rings. The zero-order chi connectivity index (χ0) is 22.5. The lowest BCUT2D eigenvalue weighted by Gasteiger charge is -2.34. The molecule has 10 heteroatoms. The van der Waals surface area contributed by atoms with Crippen molar-refractivity contribution in [2.75, 3.05) is 37.7 Å². The Morgan fingerprint density at radius 2 is 1.84 bits per heavy atom. The molecule has 0 saturated carbocycles. The fraction of sp³-hybridized carbons (Fsp3) is 0.455. The molecule has 1 atom stereocenters. The van der Waals surface area contributed by atoms with Crippen molar-refractivity contribution in [3.8, 4) is 0 Å². The van der Waals surface area contributed by atoms with Crippen LogP contribution in [-0.2, 0) is 14.3 Å². The number of carbonyl (C=O) groups is 3. The van der Waals surface area contributed by atoms with Gasteiger partial charge in [-0.3, -0.25) is 25.2 Å². The van der Waals surface area contributed by atoms with Crippen LogP contribution in [-0.4, -0.2) is 60.5 Å². The maximum Gasteiger partial charge on any atom is 0.281 e. The molecule has 3 amide bonds. The van der Waals surface area contributed by atoms with Crippen LogP contribution in [0.2, 0.25) is 0 Å². The van der Waals surface area contributed by atoms with Gasteiger partial charge in [0.1, 0.15) is 10.9 Å². The Labute approximate surface area is 190 Å². The second kappa shape index (κ2) is 10.1. The lowest BCUT2D eigenvalue weighted by molar-refractivity contribution is -0.143. The SMILES string of the molecule is Cc1nc(N2CCOCC2)sc1C(=O)NNC(=O)C(c1ccccc1)N1CCCCC1=O. The average Bonchev–Trinajstić information content (AvgIpc) is 3.22. The Morgan fingerprint density at radius 1 is 1.09 bits per heavy atom. The molecule has 2 aliphatic rings. The maximum absolute atomic E-state index is 13.1. The number of thiazole rings is 1. The summed E-state index contributed by atoms with van der Waals surface area (Å²) in [6.07, 6.45) is 2.10. The predicted octanol–water partition coefficient (Wildman–Crippen LogP) is 1.80. The molecule has 170 valence electrons. The molecule has 0 aliphatic carbocycles. The van der Waals surface area contributed by atoms with Gasteiger partial charge in [-0.05, 0) is 25.3 Å². The summed E-state index contributed by atoms with van der Waals surface area (Å²) < 4.78 is 5.37. The monoisotopic (exact) mass is 457 g/mol. The topological polar surface area (TPSA) is 104 Å². The number of piperidine rings is 1. The molecule has 3 heterocycles. The van der Waals surface area contributed by atoms with E-state index in [0.717, 1.165) is 31.1 Å². The Hall–Kier alpha value is -2.98. The molecule has 2 aliphatic heterocycles. The van der Waals surface area contributed by atoms with E-state index in [1.54, 1.807) is 11.8 Å². The van der Waals surface area contributed by atoms with E-state index < -0.39 is 17.9 Å². The summed E-state index contributed by atoms with van der Waals surface area (Å²) in [5, 5.41) is 0.767. The molecule has 0 bridgehead atoms. The highest BCUT2D eigenvalue weighted by molar-refractivity contribution is 7.17. The average molecular weight is 458 g/mol. The standard InChI is InChI=1S/C22H27N5O4S/c1-15-19(32-22(23-15)26-11-13-31-14-12-26)21(30)25-24-20(29)18(16-7-3-2-4-8-16)27-10-6-5-9-17(27)28/h2-4,7-8,18H,5-6,9-14H2,1H3,(H,24,29)(H,25,30). The van der Waals surface area contributed by atoms with Crippen LogP contribution >= 0.6 is 11.3 Å². The summed E-state index contributed by atoms with van der Waals surface area (Å²) in [6, 6.07) is 8.35. The lowest BCUT2D eigenvalue weighted by Crippen LogP contribution is -2.50. The zero-order valence-corrected chi connectivity index (χ0v) is 18.8. The molecule has 1 aromatic heterocycles. The summed E-state index contributed by atoms with van der Waals surface area (Å²) in [5.74, 6) is -0.931. The largest absolute Gasteiger partial charge is 0.378 e. The molecule has 2 fully saturated rings. The number of aromatic nitrogens is 1. The van der Waals surface area contributed by atoms with E-state index in [4.69, 9.17) is 4.74 Å². The first-order chi connectivity index (χ1) is 15.5. The minimum atomic E-state index is -0.796. The molecule has 2 saturated heterocycles. The molecule has 2 N–H and O–H groups in total. The highest BCUT2D eigenvalue weighted by atomic mass is 32.1. The van der Waals surface area contributed by atoms with Crippen molar-refractivity contribution in [1.82, 2.24) is 20.7 Å². The van der Waals surface area contributed by atoms with Crippen molar-refractivity contribution < 1.29 is 19.1 Å². The number of hydrogen-bond donors (Lipinski definition) is 2. The number of nitrogens with one attached hydrogen (secondary N) is 2. The van der Waals surface area contributed by atoms with Gasteiger partial charge in [0.2, 0.25) is 5.91 Å². The first kappa shape index (κ1) is 22.2. The Kier molecular flexibility index (Phi) is 7.01. The van der Waals surface area contributed by atoms with Gasteiger partial charge >= 0.3 is 0 Å². The van der Waals surface area contributed by atoms with Crippen molar-refractivity contribution in [2.24, 2.45) is 0 Å². The van der Waals surface area contributed by atoms with Crippen molar-refractivity contribution in [2.45, 2.75) is 32.2 Å². The van der Waals surface area contributed by atoms with E-state index in [2.05, 4.69) is 20.7 Å². The van der Waals surface area contributed by atoms with Crippen LogP contribution in [0.4, 0.5) is 5.13 Å². The van der Waals surface area contributed by atoms with Crippen LogP contribution in [0.3, 0.4) is 0 Å². The third kappa shape index (κ3) is 4.91. The van der Waals surface area contributed by atoms with Crippen LogP contribution < -0.4 is 15.8 Å².